The van der Waals surface area contributed by atoms with E-state index in [4.69, 9.17) is 11.6 Å². The monoisotopic (exact) mass is 440 g/mol. The fourth-order valence-corrected chi connectivity index (χ4v) is 4.23. The van der Waals surface area contributed by atoms with Crippen LogP contribution in [0.15, 0.2) is 48.8 Å². The second kappa shape index (κ2) is 8.51. The fraction of sp³-hybridized carbons (Fsp3) is 0.261. The summed E-state index contributed by atoms with van der Waals surface area (Å²) < 4.78 is 15.3. The minimum atomic E-state index is -0.485. The fourth-order valence-electron chi connectivity index (χ4n) is 3.98. The number of benzene rings is 1. The predicted octanol–water partition coefficient (Wildman–Crippen LogP) is 3.88. The normalized spacial score (nSPS) is 14.1. The third-order valence-corrected chi connectivity index (χ3v) is 5.89. The molecule has 3 heterocycles. The summed E-state index contributed by atoms with van der Waals surface area (Å²) in [5.41, 5.74) is 3.62. The first-order valence-corrected chi connectivity index (χ1v) is 10.4. The van der Waals surface area contributed by atoms with Crippen molar-refractivity contribution in [2.24, 2.45) is 0 Å². The molecule has 6 nitrogen and oxygen atoms in total. The molecule has 8 heteroatoms. The first kappa shape index (κ1) is 21.1. The van der Waals surface area contributed by atoms with Gasteiger partial charge in [0.25, 0.3) is 11.8 Å². The summed E-state index contributed by atoms with van der Waals surface area (Å²) in [6, 6.07) is 9.44. The number of rotatable bonds is 3. The molecular formula is C23H22ClFN4O2. The van der Waals surface area contributed by atoms with Crippen LogP contribution in [0.2, 0.25) is 5.02 Å². The Morgan fingerprint density at radius 3 is 2.19 bits per heavy atom. The summed E-state index contributed by atoms with van der Waals surface area (Å²) in [7, 11) is 0. The van der Waals surface area contributed by atoms with Crippen molar-refractivity contribution in [2.75, 3.05) is 26.2 Å². The highest BCUT2D eigenvalue weighted by atomic mass is 35.5. The average molecular weight is 441 g/mol. The van der Waals surface area contributed by atoms with Gasteiger partial charge in [-0.2, -0.15) is 0 Å². The number of piperazine rings is 1. The van der Waals surface area contributed by atoms with Gasteiger partial charge in [0.1, 0.15) is 5.82 Å². The summed E-state index contributed by atoms with van der Waals surface area (Å²) in [6.07, 6.45) is 3.48. The molecule has 0 aliphatic carbocycles. The highest BCUT2D eigenvalue weighted by Crippen LogP contribution is 2.23. The minimum absolute atomic E-state index is 0.0600. The molecule has 0 unspecified atom stereocenters. The highest BCUT2D eigenvalue weighted by Gasteiger charge is 2.28. The molecule has 2 amide bonds. The molecular weight excluding hydrogens is 419 g/mol. The maximum atomic E-state index is 13.3. The Labute approximate surface area is 184 Å². The van der Waals surface area contributed by atoms with Gasteiger partial charge in [-0.1, -0.05) is 11.6 Å². The largest absolute Gasteiger partial charge is 0.335 e. The van der Waals surface area contributed by atoms with E-state index in [1.807, 2.05) is 36.6 Å². The number of pyridine rings is 1. The van der Waals surface area contributed by atoms with Crippen molar-refractivity contribution >= 4 is 23.4 Å². The van der Waals surface area contributed by atoms with Gasteiger partial charge >= 0.3 is 0 Å². The molecule has 1 aliphatic rings. The zero-order chi connectivity index (χ0) is 22.1. The Hall–Kier alpha value is -3.19. The predicted molar refractivity (Wildman–Crippen MR) is 116 cm³/mol. The van der Waals surface area contributed by atoms with Crippen molar-refractivity contribution in [3.05, 3.63) is 82.1 Å². The van der Waals surface area contributed by atoms with Gasteiger partial charge in [0.15, 0.2) is 0 Å². The van der Waals surface area contributed by atoms with Gasteiger partial charge in [0, 0.05) is 43.8 Å². The Morgan fingerprint density at radius 1 is 0.968 bits per heavy atom. The Kier molecular flexibility index (Phi) is 5.78. The molecule has 1 aliphatic heterocycles. The maximum Gasteiger partial charge on any atom is 0.255 e. The molecule has 1 saturated heterocycles. The number of nitrogens with zero attached hydrogens (tertiary/aromatic N) is 4. The molecule has 4 rings (SSSR count). The van der Waals surface area contributed by atoms with E-state index in [0.29, 0.717) is 31.7 Å². The van der Waals surface area contributed by atoms with Crippen LogP contribution in [-0.4, -0.2) is 57.3 Å². The SMILES string of the molecule is Cc1cc(C(=O)N2CCN(C(=O)c3ccc(F)cc3Cl)CC2)c(C)n1-c1cccnc1. The lowest BCUT2D eigenvalue weighted by atomic mass is 10.1. The number of halogens is 2. The molecule has 1 fully saturated rings. The molecule has 2 aromatic heterocycles. The van der Waals surface area contributed by atoms with Crippen LogP contribution in [-0.2, 0) is 0 Å². The van der Waals surface area contributed by atoms with Gasteiger partial charge in [0.2, 0.25) is 0 Å². The molecule has 3 aromatic rings. The second-order valence-electron chi connectivity index (χ2n) is 7.54. The van der Waals surface area contributed by atoms with Crippen molar-refractivity contribution in [1.82, 2.24) is 19.4 Å². The number of amides is 2. The maximum absolute atomic E-state index is 13.3. The average Bonchev–Trinajstić information content (AvgIpc) is 3.07. The van der Waals surface area contributed by atoms with Crippen LogP contribution in [0.3, 0.4) is 0 Å². The van der Waals surface area contributed by atoms with Crippen molar-refractivity contribution in [1.29, 1.82) is 0 Å². The Bertz CT molecular complexity index is 1140. The lowest BCUT2D eigenvalue weighted by Gasteiger charge is -2.35. The van der Waals surface area contributed by atoms with E-state index in [2.05, 4.69) is 4.98 Å². The van der Waals surface area contributed by atoms with Crippen LogP contribution < -0.4 is 0 Å². The number of carbonyl (C=O) groups is 2. The van der Waals surface area contributed by atoms with Gasteiger partial charge < -0.3 is 14.4 Å². The van der Waals surface area contributed by atoms with Crippen molar-refractivity contribution in [3.8, 4) is 5.69 Å². The molecule has 0 bridgehead atoms. The summed E-state index contributed by atoms with van der Waals surface area (Å²) in [5, 5.41) is 0.0892. The summed E-state index contributed by atoms with van der Waals surface area (Å²) in [5.74, 6) is -0.803. The topological polar surface area (TPSA) is 58.4 Å². The molecule has 0 spiro atoms. The summed E-state index contributed by atoms with van der Waals surface area (Å²) in [4.78, 5) is 33.5. The second-order valence-corrected chi connectivity index (χ2v) is 7.95. The lowest BCUT2D eigenvalue weighted by Crippen LogP contribution is -2.50. The molecule has 0 saturated carbocycles. The first-order chi connectivity index (χ1) is 14.9. The van der Waals surface area contributed by atoms with Crippen LogP contribution in [0.1, 0.15) is 32.1 Å². The molecule has 0 atom stereocenters. The van der Waals surface area contributed by atoms with Crippen LogP contribution in [0.5, 0.6) is 0 Å². The number of aromatic nitrogens is 2. The third-order valence-electron chi connectivity index (χ3n) is 5.58. The van der Waals surface area contributed by atoms with Crippen molar-refractivity contribution in [3.63, 3.8) is 0 Å². The summed E-state index contributed by atoms with van der Waals surface area (Å²) in [6.45, 7) is 5.49. The zero-order valence-electron chi connectivity index (χ0n) is 17.3. The van der Waals surface area contributed by atoms with Gasteiger partial charge in [-0.15, -0.1) is 0 Å². The smallest absolute Gasteiger partial charge is 0.255 e. The lowest BCUT2D eigenvalue weighted by molar-refractivity contribution is 0.0535. The zero-order valence-corrected chi connectivity index (χ0v) is 18.1. The van der Waals surface area contributed by atoms with E-state index in [1.54, 1.807) is 22.2 Å². The van der Waals surface area contributed by atoms with E-state index in [1.165, 1.54) is 12.1 Å². The van der Waals surface area contributed by atoms with Gasteiger partial charge in [-0.05, 0) is 50.2 Å². The van der Waals surface area contributed by atoms with E-state index in [-0.39, 0.29) is 22.4 Å². The van der Waals surface area contributed by atoms with E-state index in [0.717, 1.165) is 23.1 Å². The minimum Gasteiger partial charge on any atom is -0.335 e. The number of carbonyl (C=O) groups excluding carboxylic acids is 2. The third kappa shape index (κ3) is 4.05. The number of hydrogen-bond acceptors (Lipinski definition) is 3. The van der Waals surface area contributed by atoms with Crippen LogP contribution in [0.4, 0.5) is 4.39 Å². The van der Waals surface area contributed by atoms with Crippen molar-refractivity contribution in [2.45, 2.75) is 13.8 Å². The van der Waals surface area contributed by atoms with Crippen LogP contribution >= 0.6 is 11.6 Å². The van der Waals surface area contributed by atoms with E-state index in [9.17, 15) is 14.0 Å². The Morgan fingerprint density at radius 2 is 1.61 bits per heavy atom. The summed E-state index contributed by atoms with van der Waals surface area (Å²) >= 11 is 6.03. The standard InChI is InChI=1S/C23H22ClFN4O2/c1-15-12-20(16(2)29(15)18-4-3-7-26-14-18)23(31)28-10-8-27(9-11-28)22(30)19-6-5-17(25)13-21(19)24/h3-7,12-14H,8-11H2,1-2H3. The van der Waals surface area contributed by atoms with E-state index >= 15 is 0 Å². The van der Waals surface area contributed by atoms with Gasteiger partial charge in [0.05, 0.1) is 28.0 Å². The molecule has 0 radical (unpaired) electrons. The van der Waals surface area contributed by atoms with Gasteiger partial charge in [-0.25, -0.2) is 4.39 Å². The Balaban J connectivity index is 1.47. The molecule has 0 N–H and O–H groups in total. The molecule has 160 valence electrons. The van der Waals surface area contributed by atoms with Crippen LogP contribution in [0, 0.1) is 19.7 Å². The highest BCUT2D eigenvalue weighted by molar-refractivity contribution is 6.33. The van der Waals surface area contributed by atoms with Crippen LogP contribution in [0.25, 0.3) is 5.69 Å². The van der Waals surface area contributed by atoms with Crippen molar-refractivity contribution < 1.29 is 14.0 Å². The number of hydrogen-bond donors (Lipinski definition) is 0. The number of aryl methyl sites for hydroxylation is 1. The van der Waals surface area contributed by atoms with E-state index < -0.39 is 5.82 Å². The van der Waals surface area contributed by atoms with Gasteiger partial charge in [-0.3, -0.25) is 14.6 Å². The first-order valence-electron chi connectivity index (χ1n) is 9.99. The molecule has 31 heavy (non-hydrogen) atoms. The quantitative estimate of drug-likeness (QED) is 0.621. The molecule has 1 aromatic carbocycles.